The second-order valence-corrected chi connectivity index (χ2v) is 4.29. The minimum atomic E-state index is -0.0883. The van der Waals surface area contributed by atoms with Crippen molar-refractivity contribution in [2.45, 2.75) is 13.3 Å². The topological polar surface area (TPSA) is 29.5 Å². The Morgan fingerprint density at radius 3 is 2.69 bits per heavy atom. The van der Waals surface area contributed by atoms with Gasteiger partial charge in [-0.05, 0) is 25.5 Å². The number of aryl methyl sites for hydroxylation is 1. The van der Waals surface area contributed by atoms with Crippen molar-refractivity contribution in [1.82, 2.24) is 0 Å². The van der Waals surface area contributed by atoms with Crippen LogP contribution in [0.3, 0.4) is 0 Å². The summed E-state index contributed by atoms with van der Waals surface area (Å²) in [4.78, 5) is 13.6. The van der Waals surface area contributed by atoms with Crippen LogP contribution in [0.25, 0.3) is 0 Å². The maximum Gasteiger partial charge on any atom is 0.310 e. The van der Waals surface area contributed by atoms with Crippen molar-refractivity contribution in [3.05, 3.63) is 29.8 Å². The number of hydrogen-bond acceptors (Lipinski definition) is 3. The normalized spacial score (nSPS) is 19.9. The SMILES string of the molecule is COC(=O)C1CCN(c2ccc(C)cc2)C1. The van der Waals surface area contributed by atoms with Gasteiger partial charge in [0.15, 0.2) is 0 Å². The Morgan fingerprint density at radius 1 is 1.38 bits per heavy atom. The molecule has 86 valence electrons. The Labute approximate surface area is 96.0 Å². The average molecular weight is 219 g/mol. The third-order valence-corrected chi connectivity index (χ3v) is 3.12. The third-order valence-electron chi connectivity index (χ3n) is 3.12. The second-order valence-electron chi connectivity index (χ2n) is 4.29. The van der Waals surface area contributed by atoms with Gasteiger partial charge in [-0.15, -0.1) is 0 Å². The van der Waals surface area contributed by atoms with Crippen molar-refractivity contribution in [2.75, 3.05) is 25.1 Å². The molecule has 0 radical (unpaired) electrons. The fourth-order valence-corrected chi connectivity index (χ4v) is 2.11. The van der Waals surface area contributed by atoms with Crippen LogP contribution in [0.2, 0.25) is 0 Å². The van der Waals surface area contributed by atoms with E-state index in [1.165, 1.54) is 18.4 Å². The van der Waals surface area contributed by atoms with E-state index in [-0.39, 0.29) is 11.9 Å². The highest BCUT2D eigenvalue weighted by atomic mass is 16.5. The van der Waals surface area contributed by atoms with Crippen LogP contribution >= 0.6 is 0 Å². The van der Waals surface area contributed by atoms with Gasteiger partial charge in [0.2, 0.25) is 0 Å². The summed E-state index contributed by atoms with van der Waals surface area (Å²) in [6.07, 6.45) is 0.889. The fraction of sp³-hybridized carbons (Fsp3) is 0.462. The van der Waals surface area contributed by atoms with E-state index in [2.05, 4.69) is 36.1 Å². The quantitative estimate of drug-likeness (QED) is 0.712. The van der Waals surface area contributed by atoms with Gasteiger partial charge in [0.25, 0.3) is 0 Å². The standard InChI is InChI=1S/C13H17NO2/c1-10-3-5-12(6-4-10)14-8-7-11(9-14)13(15)16-2/h3-6,11H,7-9H2,1-2H3. The third kappa shape index (κ3) is 2.18. The summed E-state index contributed by atoms with van der Waals surface area (Å²) in [5, 5.41) is 0. The van der Waals surface area contributed by atoms with Crippen molar-refractivity contribution in [3.8, 4) is 0 Å². The van der Waals surface area contributed by atoms with Gasteiger partial charge in [-0.25, -0.2) is 0 Å². The monoisotopic (exact) mass is 219 g/mol. The molecule has 0 aliphatic carbocycles. The van der Waals surface area contributed by atoms with Crippen molar-refractivity contribution < 1.29 is 9.53 Å². The number of nitrogens with zero attached hydrogens (tertiary/aromatic N) is 1. The molecule has 0 spiro atoms. The lowest BCUT2D eigenvalue weighted by Crippen LogP contribution is -2.23. The first-order valence-corrected chi connectivity index (χ1v) is 5.60. The molecule has 0 N–H and O–H groups in total. The molecule has 2 rings (SSSR count). The maximum atomic E-state index is 11.4. The van der Waals surface area contributed by atoms with Crippen LogP contribution in [0.15, 0.2) is 24.3 Å². The summed E-state index contributed by atoms with van der Waals surface area (Å²) in [5.74, 6) is -0.0547. The van der Waals surface area contributed by atoms with Gasteiger partial charge in [0, 0.05) is 18.8 Å². The van der Waals surface area contributed by atoms with Crippen LogP contribution in [0, 0.1) is 12.8 Å². The molecule has 1 atom stereocenters. The number of esters is 1. The molecular formula is C13H17NO2. The van der Waals surface area contributed by atoms with Crippen LogP contribution in [0.4, 0.5) is 5.69 Å². The molecule has 1 fully saturated rings. The van der Waals surface area contributed by atoms with Gasteiger partial charge in [0.1, 0.15) is 0 Å². The van der Waals surface area contributed by atoms with Crippen molar-refractivity contribution in [3.63, 3.8) is 0 Å². The molecule has 16 heavy (non-hydrogen) atoms. The number of anilines is 1. The number of carbonyl (C=O) groups excluding carboxylic acids is 1. The number of ether oxygens (including phenoxy) is 1. The number of benzene rings is 1. The zero-order chi connectivity index (χ0) is 11.5. The molecule has 1 aromatic carbocycles. The predicted octanol–water partition coefficient (Wildman–Crippen LogP) is 1.99. The first-order chi connectivity index (χ1) is 7.70. The van der Waals surface area contributed by atoms with Crippen molar-refractivity contribution in [1.29, 1.82) is 0 Å². The Kier molecular flexibility index (Phi) is 3.13. The highest BCUT2D eigenvalue weighted by Gasteiger charge is 2.28. The summed E-state index contributed by atoms with van der Waals surface area (Å²) >= 11 is 0. The smallest absolute Gasteiger partial charge is 0.310 e. The summed E-state index contributed by atoms with van der Waals surface area (Å²) in [7, 11) is 1.46. The highest BCUT2D eigenvalue weighted by Crippen LogP contribution is 2.24. The summed E-state index contributed by atoms with van der Waals surface area (Å²) in [5.41, 5.74) is 2.45. The first kappa shape index (κ1) is 11.0. The van der Waals surface area contributed by atoms with Crippen LogP contribution in [-0.4, -0.2) is 26.2 Å². The lowest BCUT2D eigenvalue weighted by molar-refractivity contribution is -0.144. The molecular weight excluding hydrogens is 202 g/mol. The van der Waals surface area contributed by atoms with Gasteiger partial charge in [0.05, 0.1) is 13.0 Å². The zero-order valence-electron chi connectivity index (χ0n) is 9.77. The van der Waals surface area contributed by atoms with E-state index < -0.39 is 0 Å². The summed E-state index contributed by atoms with van der Waals surface area (Å²) in [6.45, 7) is 3.78. The number of carbonyl (C=O) groups is 1. The van der Waals surface area contributed by atoms with Crippen molar-refractivity contribution in [2.24, 2.45) is 5.92 Å². The molecule has 0 amide bonds. The summed E-state index contributed by atoms with van der Waals surface area (Å²) < 4.78 is 4.77. The van der Waals surface area contributed by atoms with E-state index >= 15 is 0 Å². The molecule has 1 aliphatic heterocycles. The highest BCUT2D eigenvalue weighted by molar-refractivity contribution is 5.74. The molecule has 1 aliphatic rings. The van der Waals surface area contributed by atoms with Crippen LogP contribution < -0.4 is 4.90 Å². The van der Waals surface area contributed by atoms with E-state index in [0.29, 0.717) is 0 Å². The van der Waals surface area contributed by atoms with E-state index in [4.69, 9.17) is 4.74 Å². The van der Waals surface area contributed by atoms with Gasteiger partial charge in [-0.3, -0.25) is 4.79 Å². The van der Waals surface area contributed by atoms with E-state index in [1.54, 1.807) is 0 Å². The Morgan fingerprint density at radius 2 is 2.06 bits per heavy atom. The van der Waals surface area contributed by atoms with Crippen molar-refractivity contribution >= 4 is 11.7 Å². The first-order valence-electron chi connectivity index (χ1n) is 5.60. The lowest BCUT2D eigenvalue weighted by Gasteiger charge is -2.18. The van der Waals surface area contributed by atoms with Crippen LogP contribution in [-0.2, 0) is 9.53 Å². The minimum Gasteiger partial charge on any atom is -0.469 e. The van der Waals surface area contributed by atoms with Gasteiger partial charge < -0.3 is 9.64 Å². The maximum absolute atomic E-state index is 11.4. The Balaban J connectivity index is 2.03. The molecule has 0 bridgehead atoms. The lowest BCUT2D eigenvalue weighted by atomic mass is 10.1. The molecule has 0 saturated carbocycles. The molecule has 1 unspecified atom stereocenters. The molecule has 3 heteroatoms. The minimum absolute atomic E-state index is 0.0336. The largest absolute Gasteiger partial charge is 0.469 e. The summed E-state index contributed by atoms with van der Waals surface area (Å²) in [6, 6.07) is 8.41. The fourth-order valence-electron chi connectivity index (χ4n) is 2.11. The van der Waals surface area contributed by atoms with E-state index in [1.807, 2.05) is 0 Å². The molecule has 3 nitrogen and oxygen atoms in total. The molecule has 1 saturated heterocycles. The number of methoxy groups -OCH3 is 1. The Bertz CT molecular complexity index is 372. The number of hydrogen-bond donors (Lipinski definition) is 0. The zero-order valence-corrected chi connectivity index (χ0v) is 9.77. The Hall–Kier alpha value is -1.51. The van der Waals surface area contributed by atoms with E-state index in [0.717, 1.165) is 19.5 Å². The predicted molar refractivity (Wildman–Crippen MR) is 63.5 cm³/mol. The van der Waals surface area contributed by atoms with Gasteiger partial charge in [-0.2, -0.15) is 0 Å². The second kappa shape index (κ2) is 4.56. The molecule has 1 heterocycles. The molecule has 0 aromatic heterocycles. The molecule has 1 aromatic rings. The van der Waals surface area contributed by atoms with Gasteiger partial charge >= 0.3 is 5.97 Å². The van der Waals surface area contributed by atoms with Gasteiger partial charge in [-0.1, -0.05) is 17.7 Å². The van der Waals surface area contributed by atoms with E-state index in [9.17, 15) is 4.79 Å². The van der Waals surface area contributed by atoms with Crippen LogP contribution in [0.1, 0.15) is 12.0 Å². The average Bonchev–Trinajstić information content (AvgIpc) is 2.78. The number of rotatable bonds is 2. The van der Waals surface area contributed by atoms with Crippen LogP contribution in [0.5, 0.6) is 0 Å².